The Hall–Kier alpha value is -2.61. The summed E-state index contributed by atoms with van der Waals surface area (Å²) in [5.41, 5.74) is 2.63. The number of para-hydroxylation sites is 2. The van der Waals surface area contributed by atoms with Crippen molar-refractivity contribution in [1.82, 2.24) is 24.0 Å². The molecule has 1 aromatic carbocycles. The molecule has 1 fully saturated rings. The number of aromatic nitrogens is 4. The number of benzene rings is 1. The highest BCUT2D eigenvalue weighted by atomic mass is 32.2. The van der Waals surface area contributed by atoms with Gasteiger partial charge in [-0.3, -0.25) is 14.2 Å². The summed E-state index contributed by atoms with van der Waals surface area (Å²) in [6.07, 6.45) is 1.96. The van der Waals surface area contributed by atoms with Crippen molar-refractivity contribution in [1.29, 1.82) is 0 Å². The summed E-state index contributed by atoms with van der Waals surface area (Å²) in [4.78, 5) is 36.7. The van der Waals surface area contributed by atoms with Gasteiger partial charge >= 0.3 is 0 Å². The molecule has 1 saturated heterocycles. The summed E-state index contributed by atoms with van der Waals surface area (Å²) in [7, 11) is 0. The van der Waals surface area contributed by atoms with Gasteiger partial charge in [-0.2, -0.15) is 0 Å². The van der Waals surface area contributed by atoms with E-state index in [-0.39, 0.29) is 29.0 Å². The molecule has 0 bridgehead atoms. The van der Waals surface area contributed by atoms with E-state index in [0.29, 0.717) is 25.1 Å². The molecule has 2 aromatic heterocycles. The Morgan fingerprint density at radius 2 is 1.94 bits per heavy atom. The van der Waals surface area contributed by atoms with Crippen molar-refractivity contribution in [3.05, 3.63) is 52.2 Å². The van der Waals surface area contributed by atoms with Crippen LogP contribution in [0.5, 0.6) is 0 Å². The Kier molecular flexibility index (Phi) is 4.73. The fourth-order valence-electron chi connectivity index (χ4n) is 4.47. The third-order valence-electron chi connectivity index (χ3n) is 6.16. The van der Waals surface area contributed by atoms with Crippen LogP contribution in [0.2, 0.25) is 0 Å². The maximum atomic E-state index is 13.0. The molecular formula is C23H27N5O2S. The molecule has 0 N–H and O–H groups in total. The Morgan fingerprint density at radius 1 is 1.19 bits per heavy atom. The van der Waals surface area contributed by atoms with E-state index in [1.54, 1.807) is 29.4 Å². The van der Waals surface area contributed by atoms with Crippen molar-refractivity contribution in [2.45, 2.75) is 56.8 Å². The highest BCUT2D eigenvalue weighted by Crippen LogP contribution is 2.36. The minimum Gasteiger partial charge on any atom is -0.338 e. The van der Waals surface area contributed by atoms with Gasteiger partial charge in [0, 0.05) is 42.4 Å². The lowest BCUT2D eigenvalue weighted by Gasteiger charge is -2.42. The zero-order valence-electron chi connectivity index (χ0n) is 18.3. The molecule has 31 heavy (non-hydrogen) atoms. The van der Waals surface area contributed by atoms with Gasteiger partial charge in [-0.1, -0.05) is 44.7 Å². The Labute approximate surface area is 185 Å². The van der Waals surface area contributed by atoms with Gasteiger partial charge in [0.1, 0.15) is 5.82 Å². The fraction of sp³-hybridized carbons (Fsp3) is 0.478. The maximum Gasteiger partial charge on any atom is 0.257 e. The van der Waals surface area contributed by atoms with Crippen molar-refractivity contribution >= 4 is 28.7 Å². The Balaban J connectivity index is 1.33. The quantitative estimate of drug-likeness (QED) is 0.588. The van der Waals surface area contributed by atoms with Crippen molar-refractivity contribution in [3.8, 4) is 0 Å². The van der Waals surface area contributed by atoms with Crippen LogP contribution in [-0.4, -0.2) is 48.8 Å². The van der Waals surface area contributed by atoms with Crippen LogP contribution in [0.15, 0.2) is 40.4 Å². The Bertz CT molecular complexity index is 1230. The van der Waals surface area contributed by atoms with Crippen LogP contribution in [-0.2, 0) is 10.2 Å². The molecule has 4 heterocycles. The minimum atomic E-state index is -0.120. The monoisotopic (exact) mass is 437 g/mol. The molecule has 7 nitrogen and oxygen atoms in total. The standard InChI is InChI=1S/C23H27N5O2S/c1-14-10-24-22-28(20(14)30)15(13-31-22)9-19(29)26-11-16(12-26)27-18-8-6-5-7-17(18)25-21(27)23(2,3)4/h5-8,10,15-16H,9,11-13H2,1-4H3. The SMILES string of the molecule is Cc1cnc2n(c1=O)C(CC(=O)N1CC(n3c(C(C)(C)C)nc4ccccc43)C1)CS2. The van der Waals surface area contributed by atoms with Gasteiger partial charge in [0.15, 0.2) is 5.16 Å². The molecule has 5 rings (SSSR count). The van der Waals surface area contributed by atoms with Gasteiger partial charge in [0.25, 0.3) is 5.56 Å². The summed E-state index contributed by atoms with van der Waals surface area (Å²) >= 11 is 1.55. The molecule has 162 valence electrons. The third-order valence-corrected chi connectivity index (χ3v) is 7.27. The van der Waals surface area contributed by atoms with Crippen molar-refractivity contribution < 1.29 is 4.79 Å². The lowest BCUT2D eigenvalue weighted by molar-refractivity contribution is -0.137. The molecular weight excluding hydrogens is 410 g/mol. The number of hydrogen-bond acceptors (Lipinski definition) is 5. The number of aryl methyl sites for hydroxylation is 1. The van der Waals surface area contributed by atoms with Crippen LogP contribution < -0.4 is 5.56 Å². The molecule has 2 aliphatic rings. The number of nitrogens with zero attached hydrogens (tertiary/aromatic N) is 5. The molecule has 0 spiro atoms. The number of amides is 1. The first kappa shape index (κ1) is 20.3. The zero-order valence-corrected chi connectivity index (χ0v) is 19.1. The summed E-state index contributed by atoms with van der Waals surface area (Å²) in [6, 6.07) is 8.31. The molecule has 1 amide bonds. The molecule has 0 radical (unpaired) electrons. The Morgan fingerprint density at radius 3 is 2.68 bits per heavy atom. The molecule has 1 unspecified atom stereocenters. The van der Waals surface area contributed by atoms with E-state index >= 15 is 0 Å². The summed E-state index contributed by atoms with van der Waals surface area (Å²) in [6.45, 7) is 9.65. The van der Waals surface area contributed by atoms with Crippen LogP contribution >= 0.6 is 11.8 Å². The number of rotatable bonds is 3. The lowest BCUT2D eigenvalue weighted by Crippen LogP contribution is -2.52. The van der Waals surface area contributed by atoms with Gasteiger partial charge in [-0.25, -0.2) is 9.97 Å². The number of hydrogen-bond donors (Lipinski definition) is 0. The van der Waals surface area contributed by atoms with Crippen LogP contribution in [0.1, 0.15) is 50.7 Å². The highest BCUT2D eigenvalue weighted by molar-refractivity contribution is 7.99. The van der Waals surface area contributed by atoms with Gasteiger partial charge < -0.3 is 9.47 Å². The molecule has 1 atom stereocenters. The second-order valence-corrected chi connectivity index (χ2v) is 10.6. The average Bonchev–Trinajstić information content (AvgIpc) is 3.26. The number of imidazole rings is 1. The van der Waals surface area contributed by atoms with Crippen LogP contribution in [0, 0.1) is 6.92 Å². The highest BCUT2D eigenvalue weighted by Gasteiger charge is 2.38. The summed E-state index contributed by atoms with van der Waals surface area (Å²) in [5, 5.41) is 0.717. The summed E-state index contributed by atoms with van der Waals surface area (Å²) in [5.74, 6) is 1.87. The molecule has 3 aromatic rings. The van der Waals surface area contributed by atoms with E-state index in [0.717, 1.165) is 27.8 Å². The second-order valence-electron chi connectivity index (χ2n) is 9.56. The number of carbonyl (C=O) groups excluding carboxylic acids is 1. The number of thioether (sulfide) groups is 1. The van der Waals surface area contributed by atoms with E-state index in [2.05, 4.69) is 36.4 Å². The third kappa shape index (κ3) is 3.37. The molecule has 8 heteroatoms. The zero-order chi connectivity index (χ0) is 21.9. The van der Waals surface area contributed by atoms with E-state index < -0.39 is 0 Å². The smallest absolute Gasteiger partial charge is 0.257 e. The lowest BCUT2D eigenvalue weighted by atomic mass is 9.94. The first-order valence-corrected chi connectivity index (χ1v) is 11.7. The first-order valence-electron chi connectivity index (χ1n) is 10.7. The number of likely N-dealkylation sites (tertiary alicyclic amines) is 1. The number of carbonyl (C=O) groups is 1. The fourth-order valence-corrected chi connectivity index (χ4v) is 5.57. The van der Waals surface area contributed by atoms with Crippen LogP contribution in [0.4, 0.5) is 0 Å². The van der Waals surface area contributed by atoms with E-state index in [9.17, 15) is 9.59 Å². The molecule has 0 aliphatic carbocycles. The first-order chi connectivity index (χ1) is 14.7. The summed E-state index contributed by atoms with van der Waals surface area (Å²) < 4.78 is 4.02. The van der Waals surface area contributed by atoms with Crippen LogP contribution in [0.3, 0.4) is 0 Å². The maximum absolute atomic E-state index is 13.0. The predicted octanol–water partition coefficient (Wildman–Crippen LogP) is 3.32. The van der Waals surface area contributed by atoms with E-state index in [4.69, 9.17) is 4.98 Å². The minimum absolute atomic E-state index is 0.0333. The van der Waals surface area contributed by atoms with Crippen molar-refractivity contribution in [2.24, 2.45) is 0 Å². The predicted molar refractivity (Wildman–Crippen MR) is 122 cm³/mol. The normalized spacial score (nSPS) is 19.0. The van der Waals surface area contributed by atoms with Gasteiger partial charge in [0.05, 0.1) is 23.1 Å². The largest absolute Gasteiger partial charge is 0.338 e. The van der Waals surface area contributed by atoms with Crippen LogP contribution in [0.25, 0.3) is 11.0 Å². The second kappa shape index (κ2) is 7.22. The van der Waals surface area contributed by atoms with Gasteiger partial charge in [0.2, 0.25) is 5.91 Å². The van der Waals surface area contributed by atoms with Gasteiger partial charge in [-0.05, 0) is 19.1 Å². The number of fused-ring (bicyclic) bond motifs is 2. The topological polar surface area (TPSA) is 73.0 Å². The average molecular weight is 438 g/mol. The van der Waals surface area contributed by atoms with Crippen molar-refractivity contribution in [2.75, 3.05) is 18.8 Å². The van der Waals surface area contributed by atoms with Crippen molar-refractivity contribution in [3.63, 3.8) is 0 Å². The molecule has 0 saturated carbocycles. The molecule has 2 aliphatic heterocycles. The van der Waals surface area contributed by atoms with E-state index in [1.807, 2.05) is 23.1 Å². The van der Waals surface area contributed by atoms with E-state index in [1.165, 1.54) is 0 Å². The van der Waals surface area contributed by atoms with Gasteiger partial charge in [-0.15, -0.1) is 0 Å².